The number of carbonyl (C=O) groups is 3. The van der Waals surface area contributed by atoms with Gasteiger partial charge in [0.2, 0.25) is 17.7 Å². The summed E-state index contributed by atoms with van der Waals surface area (Å²) in [5.74, 6) is -2.24. The predicted octanol–water partition coefficient (Wildman–Crippen LogP) is 2.88. The number of phenols is 2. The minimum Gasteiger partial charge on any atom is -0.504 e. The molecule has 0 unspecified atom stereocenters. The molecule has 2 saturated heterocycles. The lowest BCUT2D eigenvalue weighted by molar-refractivity contribution is -0.142. The van der Waals surface area contributed by atoms with Crippen LogP contribution in [0.5, 0.6) is 23.0 Å². The highest BCUT2D eigenvalue weighted by molar-refractivity contribution is 6.15. The van der Waals surface area contributed by atoms with Crippen LogP contribution in [0.1, 0.15) is 29.2 Å². The normalized spacial score (nSPS) is 24.2. The first-order valence-corrected chi connectivity index (χ1v) is 14.0. The van der Waals surface area contributed by atoms with Gasteiger partial charge in [0.25, 0.3) is 0 Å². The Morgan fingerprint density at radius 1 is 0.857 bits per heavy atom. The quantitative estimate of drug-likeness (QED) is 0.239. The van der Waals surface area contributed by atoms with Gasteiger partial charge < -0.3 is 25.0 Å². The summed E-state index contributed by atoms with van der Waals surface area (Å²) in [5, 5.41) is 26.3. The average Bonchev–Trinajstić information content (AvgIpc) is 3.57. The average molecular weight is 572 g/mol. The molecule has 2 fully saturated rings. The molecule has 0 saturated carbocycles. The number of phenolic OH excluding ortho intramolecular Hbond substituents is 2. The highest BCUT2D eigenvalue weighted by Gasteiger charge is 2.70. The smallest absolute Gasteiger partial charge is 0.250 e. The summed E-state index contributed by atoms with van der Waals surface area (Å²) in [6, 6.07) is 15.1. The Hall–Kier alpha value is -4.57. The monoisotopic (exact) mass is 571 g/mol. The molecule has 3 heterocycles. The van der Waals surface area contributed by atoms with E-state index < -0.39 is 23.4 Å². The van der Waals surface area contributed by atoms with Crippen molar-refractivity contribution >= 4 is 23.4 Å². The second-order valence-corrected chi connectivity index (χ2v) is 11.0. The van der Waals surface area contributed by atoms with E-state index in [1.54, 1.807) is 26.4 Å². The van der Waals surface area contributed by atoms with E-state index in [-0.39, 0.29) is 42.2 Å². The number of nitrogens with zero attached hydrogens (tertiary/aromatic N) is 1. The van der Waals surface area contributed by atoms with Crippen molar-refractivity contribution in [2.24, 2.45) is 11.8 Å². The van der Waals surface area contributed by atoms with Crippen LogP contribution in [0.2, 0.25) is 0 Å². The number of ether oxygens (including phenoxy) is 2. The van der Waals surface area contributed by atoms with Crippen LogP contribution in [0.4, 0.5) is 5.69 Å². The molecule has 4 atom stereocenters. The molecule has 0 aromatic heterocycles. The van der Waals surface area contributed by atoms with E-state index in [2.05, 4.69) is 10.6 Å². The van der Waals surface area contributed by atoms with Crippen molar-refractivity contribution in [1.29, 1.82) is 0 Å². The van der Waals surface area contributed by atoms with Crippen molar-refractivity contribution in [3.63, 3.8) is 0 Å². The Bertz CT molecular complexity index is 1600. The first-order valence-electron chi connectivity index (χ1n) is 14.0. The van der Waals surface area contributed by atoms with E-state index in [9.17, 15) is 24.6 Å². The molecular formula is C32H33N3O7. The van der Waals surface area contributed by atoms with Crippen LogP contribution in [0.3, 0.4) is 0 Å². The molecule has 0 radical (unpaired) electrons. The summed E-state index contributed by atoms with van der Waals surface area (Å²) in [5.41, 5.74) is 2.40. The van der Waals surface area contributed by atoms with E-state index in [4.69, 9.17) is 9.47 Å². The van der Waals surface area contributed by atoms with Gasteiger partial charge in [-0.1, -0.05) is 31.2 Å². The van der Waals surface area contributed by atoms with Crippen molar-refractivity contribution in [3.8, 4) is 23.0 Å². The molecule has 0 aliphatic carbocycles. The predicted molar refractivity (Wildman–Crippen MR) is 153 cm³/mol. The molecule has 42 heavy (non-hydrogen) atoms. The van der Waals surface area contributed by atoms with Crippen LogP contribution < -0.4 is 20.1 Å². The molecule has 10 nitrogen and oxygen atoms in total. The minimum atomic E-state index is -1.42. The highest BCUT2D eigenvalue weighted by atomic mass is 16.5. The Balaban J connectivity index is 1.37. The number of methoxy groups -OCH3 is 2. The van der Waals surface area contributed by atoms with Gasteiger partial charge in [-0.25, -0.2) is 0 Å². The number of nitrogens with one attached hydrogen (secondary N) is 2. The van der Waals surface area contributed by atoms with Crippen LogP contribution in [-0.2, 0) is 39.2 Å². The van der Waals surface area contributed by atoms with E-state index in [0.717, 1.165) is 17.5 Å². The maximum atomic E-state index is 14.2. The molecular weight excluding hydrogens is 538 g/mol. The number of likely N-dealkylation sites (tertiary alicyclic amines) is 1. The third-order valence-electron chi connectivity index (χ3n) is 8.85. The van der Waals surface area contributed by atoms with Gasteiger partial charge in [-0.15, -0.1) is 0 Å². The Kier molecular flexibility index (Phi) is 6.81. The summed E-state index contributed by atoms with van der Waals surface area (Å²) < 4.78 is 10.7. The van der Waals surface area contributed by atoms with Gasteiger partial charge in [0.1, 0.15) is 5.54 Å². The number of imide groups is 1. The molecule has 4 N–H and O–H groups in total. The van der Waals surface area contributed by atoms with E-state index in [0.29, 0.717) is 34.7 Å². The molecule has 1 spiro atoms. The number of aromatic hydroxyl groups is 2. The molecule has 0 bridgehead atoms. The zero-order chi connectivity index (χ0) is 29.8. The Labute approximate surface area is 243 Å². The van der Waals surface area contributed by atoms with Crippen molar-refractivity contribution in [1.82, 2.24) is 10.2 Å². The number of anilines is 1. The zero-order valence-electron chi connectivity index (χ0n) is 23.6. The molecule has 3 amide bonds. The van der Waals surface area contributed by atoms with Gasteiger partial charge in [-0.05, 0) is 66.3 Å². The topological polar surface area (TPSA) is 137 Å². The lowest BCUT2D eigenvalue weighted by Gasteiger charge is -2.30. The zero-order valence-corrected chi connectivity index (χ0v) is 23.6. The second-order valence-electron chi connectivity index (χ2n) is 11.0. The lowest BCUT2D eigenvalue weighted by Crippen LogP contribution is -2.53. The van der Waals surface area contributed by atoms with Gasteiger partial charge in [0.15, 0.2) is 23.0 Å². The molecule has 3 aromatic carbocycles. The fraction of sp³-hybridized carbons (Fsp3) is 0.344. The fourth-order valence-corrected chi connectivity index (χ4v) is 6.75. The van der Waals surface area contributed by atoms with Crippen molar-refractivity contribution < 1.29 is 34.1 Å². The summed E-state index contributed by atoms with van der Waals surface area (Å²) >= 11 is 0. The van der Waals surface area contributed by atoms with Gasteiger partial charge in [-0.3, -0.25) is 24.6 Å². The first-order chi connectivity index (χ1) is 20.2. The molecule has 3 aliphatic rings. The maximum absolute atomic E-state index is 14.2. The van der Waals surface area contributed by atoms with Crippen molar-refractivity contribution in [3.05, 3.63) is 76.9 Å². The molecule has 3 aromatic rings. The van der Waals surface area contributed by atoms with Crippen molar-refractivity contribution in [2.45, 2.75) is 37.8 Å². The van der Waals surface area contributed by atoms with Gasteiger partial charge in [0.05, 0.1) is 26.1 Å². The number of hydrogen-bond donors (Lipinski definition) is 4. The summed E-state index contributed by atoms with van der Waals surface area (Å²) in [4.78, 5) is 43.3. The minimum absolute atomic E-state index is 0.145. The van der Waals surface area contributed by atoms with Gasteiger partial charge in [0, 0.05) is 23.8 Å². The Morgan fingerprint density at radius 3 is 2.31 bits per heavy atom. The van der Waals surface area contributed by atoms with E-state index >= 15 is 0 Å². The number of benzene rings is 3. The Morgan fingerprint density at radius 2 is 1.60 bits per heavy atom. The van der Waals surface area contributed by atoms with Gasteiger partial charge in [-0.2, -0.15) is 0 Å². The first kappa shape index (κ1) is 27.6. The van der Waals surface area contributed by atoms with E-state index in [1.807, 2.05) is 37.3 Å². The summed E-state index contributed by atoms with van der Waals surface area (Å²) in [6.45, 7) is 2.16. The number of rotatable bonds is 8. The highest BCUT2D eigenvalue weighted by Crippen LogP contribution is 2.53. The van der Waals surface area contributed by atoms with Crippen LogP contribution in [0.25, 0.3) is 0 Å². The largest absolute Gasteiger partial charge is 0.504 e. The van der Waals surface area contributed by atoms with Crippen LogP contribution in [-0.4, -0.2) is 59.6 Å². The van der Waals surface area contributed by atoms with Crippen molar-refractivity contribution in [2.75, 3.05) is 26.1 Å². The number of fused-ring (bicyclic) bond motifs is 4. The molecule has 3 aliphatic heterocycles. The maximum Gasteiger partial charge on any atom is 0.250 e. The van der Waals surface area contributed by atoms with Crippen LogP contribution >= 0.6 is 0 Å². The lowest BCUT2D eigenvalue weighted by atomic mass is 9.76. The molecule has 218 valence electrons. The number of hydrogen-bond acceptors (Lipinski definition) is 8. The molecule has 6 rings (SSSR count). The fourth-order valence-electron chi connectivity index (χ4n) is 6.75. The third kappa shape index (κ3) is 4.16. The number of amides is 3. The van der Waals surface area contributed by atoms with Gasteiger partial charge >= 0.3 is 0 Å². The van der Waals surface area contributed by atoms with Crippen LogP contribution in [0, 0.1) is 11.8 Å². The van der Waals surface area contributed by atoms with Crippen LogP contribution in [0.15, 0.2) is 54.6 Å². The SMILES string of the molecule is CCc1ccc2c(c1)[C@]1(N[C@H](Cc3ccc(O)c(O)c3)[C@@H]3C(=O)N(CCc4ccc(OC)c(OC)c4)C(=O)[C@H]31)C(=O)N2. The number of aryl methyl sites for hydroxylation is 1. The summed E-state index contributed by atoms with van der Waals surface area (Å²) in [7, 11) is 3.10. The number of carbonyl (C=O) groups excluding carboxylic acids is 3. The summed E-state index contributed by atoms with van der Waals surface area (Å²) in [6.07, 6.45) is 1.40. The standard InChI is InChI=1S/C32H33N3O7/c1-4-17-5-8-21-20(13-17)32(31(40)33-21)28-27(22(34-32)14-19-6-9-23(36)24(37)15-19)29(38)35(30(28)39)12-11-18-7-10-25(41-2)26(16-18)42-3/h5-10,13,15-16,22,27-28,34,36-37H,4,11-12,14H2,1-3H3,(H,33,40)/t22-,27+,28+,32-/m1/s1. The second kappa shape index (κ2) is 10.4. The third-order valence-corrected chi connectivity index (χ3v) is 8.85. The van der Waals surface area contributed by atoms with E-state index in [1.165, 1.54) is 17.0 Å². The molecule has 10 heteroatoms.